The van der Waals surface area contributed by atoms with Crippen molar-refractivity contribution in [3.8, 4) is 5.75 Å². The van der Waals surface area contributed by atoms with Crippen LogP contribution in [0.25, 0.3) is 0 Å². The molecule has 3 rings (SSSR count). The van der Waals surface area contributed by atoms with Crippen molar-refractivity contribution in [2.24, 2.45) is 0 Å². The number of halogens is 1. The van der Waals surface area contributed by atoms with Crippen LogP contribution in [0.5, 0.6) is 5.75 Å². The second-order valence-corrected chi connectivity index (χ2v) is 5.75. The van der Waals surface area contributed by atoms with Crippen LogP contribution in [-0.2, 0) is 0 Å². The van der Waals surface area contributed by atoms with Gasteiger partial charge in [-0.25, -0.2) is 4.39 Å². The number of nitrogens with zero attached hydrogens (tertiary/aromatic N) is 2. The van der Waals surface area contributed by atoms with E-state index in [-0.39, 0.29) is 23.9 Å². The highest BCUT2D eigenvalue weighted by Gasteiger charge is 2.39. The van der Waals surface area contributed by atoms with Gasteiger partial charge >= 0.3 is 0 Å². The van der Waals surface area contributed by atoms with Crippen molar-refractivity contribution in [2.45, 2.75) is 25.0 Å². The molecule has 0 saturated carbocycles. The third kappa shape index (κ3) is 2.73. The van der Waals surface area contributed by atoms with E-state index in [0.29, 0.717) is 6.54 Å². The number of aliphatic hydroxyl groups is 1. The average molecular weight is 294 g/mol. The summed E-state index contributed by atoms with van der Waals surface area (Å²) < 4.78 is 13.7. The lowest BCUT2D eigenvalue weighted by atomic mass is 10.1. The van der Waals surface area contributed by atoms with Crippen LogP contribution < -0.4 is 0 Å². The summed E-state index contributed by atoms with van der Waals surface area (Å²) in [6, 6.07) is 3.34. The predicted octanol–water partition coefficient (Wildman–Crippen LogP) is 0.812. The van der Waals surface area contributed by atoms with Gasteiger partial charge < -0.3 is 15.1 Å². The van der Waals surface area contributed by atoms with Crippen molar-refractivity contribution in [2.75, 3.05) is 26.2 Å². The molecule has 0 aromatic heterocycles. The first kappa shape index (κ1) is 14.3. The lowest BCUT2D eigenvalue weighted by Crippen LogP contribution is -2.41. The van der Waals surface area contributed by atoms with Crippen molar-refractivity contribution < 1.29 is 19.4 Å². The van der Waals surface area contributed by atoms with Crippen LogP contribution in [0.1, 0.15) is 23.2 Å². The highest BCUT2D eigenvalue weighted by molar-refractivity contribution is 5.95. The van der Waals surface area contributed by atoms with Crippen LogP contribution in [0.3, 0.4) is 0 Å². The molecule has 2 atom stereocenters. The fourth-order valence-corrected chi connectivity index (χ4v) is 3.21. The molecule has 2 aliphatic heterocycles. The van der Waals surface area contributed by atoms with E-state index >= 15 is 0 Å². The van der Waals surface area contributed by atoms with Gasteiger partial charge in [-0.3, -0.25) is 9.69 Å². The number of likely N-dealkylation sites (tertiary alicyclic amines) is 2. The minimum absolute atomic E-state index is 0.0724. The minimum Gasteiger partial charge on any atom is -0.508 e. The lowest BCUT2D eigenvalue weighted by Gasteiger charge is -2.25. The van der Waals surface area contributed by atoms with Gasteiger partial charge in [-0.15, -0.1) is 0 Å². The number of carbonyl (C=O) groups excluding carboxylic acids is 1. The van der Waals surface area contributed by atoms with Crippen molar-refractivity contribution in [1.29, 1.82) is 0 Å². The fraction of sp³-hybridized carbons (Fsp3) is 0.533. The van der Waals surface area contributed by atoms with E-state index in [4.69, 9.17) is 0 Å². The second kappa shape index (κ2) is 5.61. The quantitative estimate of drug-likeness (QED) is 0.847. The molecule has 114 valence electrons. The maximum Gasteiger partial charge on any atom is 0.257 e. The Morgan fingerprint density at radius 1 is 1.24 bits per heavy atom. The van der Waals surface area contributed by atoms with Crippen molar-refractivity contribution in [3.63, 3.8) is 0 Å². The third-order valence-corrected chi connectivity index (χ3v) is 4.34. The molecule has 21 heavy (non-hydrogen) atoms. The predicted molar refractivity (Wildman–Crippen MR) is 74.6 cm³/mol. The zero-order chi connectivity index (χ0) is 15.0. The molecule has 1 amide bonds. The number of phenols is 1. The van der Waals surface area contributed by atoms with Crippen molar-refractivity contribution in [3.05, 3.63) is 29.6 Å². The fourth-order valence-electron chi connectivity index (χ4n) is 3.21. The smallest absolute Gasteiger partial charge is 0.257 e. The summed E-state index contributed by atoms with van der Waals surface area (Å²) in [6.45, 7) is 2.47. The molecule has 6 heteroatoms. The zero-order valence-electron chi connectivity index (χ0n) is 11.7. The highest BCUT2D eigenvalue weighted by Crippen LogP contribution is 2.24. The van der Waals surface area contributed by atoms with Crippen LogP contribution in [-0.4, -0.2) is 64.2 Å². The normalized spacial score (nSPS) is 26.5. The Labute approximate surface area is 122 Å². The van der Waals surface area contributed by atoms with E-state index in [2.05, 4.69) is 4.90 Å². The number of aliphatic hydroxyl groups excluding tert-OH is 1. The van der Waals surface area contributed by atoms with Crippen LogP contribution in [0, 0.1) is 5.82 Å². The number of hydrogen-bond donors (Lipinski definition) is 2. The Bertz CT molecular complexity index is 546. The molecule has 1 aromatic carbocycles. The maximum atomic E-state index is 13.7. The Morgan fingerprint density at radius 3 is 2.67 bits per heavy atom. The molecule has 0 unspecified atom stereocenters. The van der Waals surface area contributed by atoms with Gasteiger partial charge in [0.15, 0.2) is 0 Å². The molecular formula is C15H19FN2O3. The molecule has 2 fully saturated rings. The van der Waals surface area contributed by atoms with E-state index in [0.717, 1.165) is 38.1 Å². The number of β-amino-alcohol motifs (C(OH)–C–C–N with tert-alkyl or cyclic N) is 1. The standard InChI is InChI=1S/C15H19FN2O3/c16-12-4-3-10(19)7-11(12)15(21)18-8-13(14(20)9-18)17-5-1-2-6-17/h3-4,7,13-14,19-20H,1-2,5-6,8-9H2/t13-,14-/m0/s1. The molecule has 0 aliphatic carbocycles. The number of aromatic hydroxyl groups is 1. The van der Waals surface area contributed by atoms with Gasteiger partial charge in [0, 0.05) is 13.1 Å². The summed E-state index contributed by atoms with van der Waals surface area (Å²) in [5.74, 6) is -1.28. The molecule has 5 nitrogen and oxygen atoms in total. The summed E-state index contributed by atoms with van der Waals surface area (Å²) in [6.07, 6.45) is 1.61. The number of benzene rings is 1. The number of phenolic OH excluding ortho intramolecular Hbond substituents is 1. The molecule has 0 radical (unpaired) electrons. The van der Waals surface area contributed by atoms with E-state index in [9.17, 15) is 19.4 Å². The van der Waals surface area contributed by atoms with Gasteiger partial charge in [-0.1, -0.05) is 0 Å². The van der Waals surface area contributed by atoms with Gasteiger partial charge in [0.25, 0.3) is 5.91 Å². The van der Waals surface area contributed by atoms with E-state index in [1.165, 1.54) is 11.0 Å². The van der Waals surface area contributed by atoms with Gasteiger partial charge in [-0.2, -0.15) is 0 Å². The largest absolute Gasteiger partial charge is 0.508 e. The molecule has 0 spiro atoms. The topological polar surface area (TPSA) is 64.0 Å². The first-order chi connectivity index (χ1) is 10.1. The molecular weight excluding hydrogens is 275 g/mol. The number of hydrogen-bond acceptors (Lipinski definition) is 4. The molecule has 2 N–H and O–H groups in total. The number of rotatable bonds is 2. The second-order valence-electron chi connectivity index (χ2n) is 5.75. The van der Waals surface area contributed by atoms with E-state index < -0.39 is 17.8 Å². The van der Waals surface area contributed by atoms with Gasteiger partial charge in [-0.05, 0) is 44.1 Å². The molecule has 2 aliphatic rings. The van der Waals surface area contributed by atoms with Crippen LogP contribution in [0.2, 0.25) is 0 Å². The summed E-state index contributed by atoms with van der Waals surface area (Å²) >= 11 is 0. The van der Waals surface area contributed by atoms with Crippen LogP contribution in [0.4, 0.5) is 4.39 Å². The number of amides is 1. The van der Waals surface area contributed by atoms with E-state index in [1.54, 1.807) is 0 Å². The highest BCUT2D eigenvalue weighted by atomic mass is 19.1. The number of carbonyl (C=O) groups is 1. The summed E-state index contributed by atoms with van der Waals surface area (Å²) in [7, 11) is 0. The SMILES string of the molecule is O=C(c1cc(O)ccc1F)N1C[C@H](O)[C@@H](N2CCCC2)C1. The van der Waals surface area contributed by atoms with Gasteiger partial charge in [0.1, 0.15) is 11.6 Å². The van der Waals surface area contributed by atoms with E-state index in [1.807, 2.05) is 0 Å². The Morgan fingerprint density at radius 2 is 1.95 bits per heavy atom. The molecule has 0 bridgehead atoms. The molecule has 2 heterocycles. The first-order valence-corrected chi connectivity index (χ1v) is 7.26. The summed E-state index contributed by atoms with van der Waals surface area (Å²) in [5.41, 5.74) is -0.149. The Balaban J connectivity index is 1.75. The first-order valence-electron chi connectivity index (χ1n) is 7.26. The van der Waals surface area contributed by atoms with Crippen molar-refractivity contribution >= 4 is 5.91 Å². The monoisotopic (exact) mass is 294 g/mol. The minimum atomic E-state index is -0.656. The molecule has 1 aromatic rings. The Kier molecular flexibility index (Phi) is 3.82. The van der Waals surface area contributed by atoms with Gasteiger partial charge in [0.05, 0.1) is 17.7 Å². The maximum absolute atomic E-state index is 13.7. The summed E-state index contributed by atoms with van der Waals surface area (Å²) in [4.78, 5) is 16.0. The van der Waals surface area contributed by atoms with Gasteiger partial charge in [0.2, 0.25) is 0 Å². The molecule has 2 saturated heterocycles. The zero-order valence-corrected chi connectivity index (χ0v) is 11.7. The van der Waals surface area contributed by atoms with Crippen LogP contribution in [0.15, 0.2) is 18.2 Å². The average Bonchev–Trinajstić information content (AvgIpc) is 3.09. The Hall–Kier alpha value is -1.66. The summed E-state index contributed by atoms with van der Waals surface area (Å²) in [5, 5.41) is 19.6. The van der Waals surface area contributed by atoms with Crippen LogP contribution >= 0.6 is 0 Å². The van der Waals surface area contributed by atoms with Crippen molar-refractivity contribution in [1.82, 2.24) is 9.80 Å². The third-order valence-electron chi connectivity index (χ3n) is 4.34. The lowest BCUT2D eigenvalue weighted by molar-refractivity contribution is 0.0758.